The minimum absolute atomic E-state index is 0.00328. The first-order valence-electron chi connectivity index (χ1n) is 13.2. The Bertz CT molecular complexity index is 1340. The second-order valence-corrected chi connectivity index (χ2v) is 11.9. The van der Waals surface area contributed by atoms with Crippen molar-refractivity contribution in [3.8, 4) is 0 Å². The Morgan fingerprint density at radius 3 is 2.74 bits per heavy atom. The van der Waals surface area contributed by atoms with E-state index in [9.17, 15) is 13.9 Å². The van der Waals surface area contributed by atoms with Crippen LogP contribution >= 0.6 is 11.8 Å². The lowest BCUT2D eigenvalue weighted by Crippen LogP contribution is -2.28. The first-order chi connectivity index (χ1) is 18.3. The fourth-order valence-electron chi connectivity index (χ4n) is 5.62. The number of hydrogen-bond acceptors (Lipinski definition) is 9. The van der Waals surface area contributed by atoms with Crippen molar-refractivity contribution >= 4 is 28.7 Å². The number of halogens is 2. The number of aliphatic hydroxyl groups excluding tert-OH is 1. The van der Waals surface area contributed by atoms with Crippen molar-refractivity contribution in [3.63, 3.8) is 0 Å². The molecule has 2 aliphatic carbocycles. The van der Waals surface area contributed by atoms with Gasteiger partial charge in [0.25, 0.3) is 0 Å². The number of anilines is 1. The van der Waals surface area contributed by atoms with Gasteiger partial charge < -0.3 is 19.9 Å². The number of aromatic nitrogens is 5. The van der Waals surface area contributed by atoms with Crippen LogP contribution in [0.1, 0.15) is 64.0 Å². The third-order valence-corrected chi connectivity index (χ3v) is 8.55. The Balaban J connectivity index is 1.31. The molecule has 204 valence electrons. The third kappa shape index (κ3) is 4.76. The van der Waals surface area contributed by atoms with Gasteiger partial charge in [-0.25, -0.2) is 23.4 Å². The normalized spacial score (nSPS) is 29.6. The molecule has 1 saturated heterocycles. The van der Waals surface area contributed by atoms with Crippen LogP contribution in [0.15, 0.2) is 23.4 Å². The van der Waals surface area contributed by atoms with Gasteiger partial charge in [0.1, 0.15) is 6.10 Å². The molecule has 2 saturated carbocycles. The maximum Gasteiger partial charge on any atom is 0.191 e. The minimum Gasteiger partial charge on any atom is -0.396 e. The van der Waals surface area contributed by atoms with E-state index in [0.29, 0.717) is 28.6 Å². The van der Waals surface area contributed by atoms with Gasteiger partial charge in [0.05, 0.1) is 12.1 Å². The van der Waals surface area contributed by atoms with Crippen LogP contribution in [0.25, 0.3) is 11.2 Å². The highest BCUT2D eigenvalue weighted by atomic mass is 32.2. The molecule has 0 unspecified atom stereocenters. The number of rotatable bonds is 9. The molecule has 0 amide bonds. The Labute approximate surface area is 223 Å². The predicted molar refractivity (Wildman–Crippen MR) is 138 cm³/mol. The van der Waals surface area contributed by atoms with Gasteiger partial charge in [0, 0.05) is 30.2 Å². The Morgan fingerprint density at radius 1 is 1.16 bits per heavy atom. The molecular formula is C26H32F2N6O3S. The summed E-state index contributed by atoms with van der Waals surface area (Å²) in [5.41, 5.74) is 1.89. The Hall–Kier alpha value is -2.41. The molecule has 0 bridgehead atoms. The van der Waals surface area contributed by atoms with E-state index in [1.165, 1.54) is 12.1 Å². The fraction of sp³-hybridized carbons (Fsp3) is 0.615. The first-order valence-corrected chi connectivity index (χ1v) is 14.2. The molecule has 6 rings (SSSR count). The van der Waals surface area contributed by atoms with Crippen molar-refractivity contribution in [2.75, 3.05) is 17.7 Å². The zero-order valence-corrected chi connectivity index (χ0v) is 22.4. The van der Waals surface area contributed by atoms with E-state index in [0.717, 1.165) is 30.6 Å². The zero-order chi connectivity index (χ0) is 26.6. The number of nitrogens with one attached hydrogen (secondary N) is 1. The van der Waals surface area contributed by atoms with Crippen molar-refractivity contribution in [2.24, 2.45) is 5.92 Å². The number of benzene rings is 1. The molecule has 38 heavy (non-hydrogen) atoms. The lowest BCUT2D eigenvalue weighted by Gasteiger charge is -2.23. The predicted octanol–water partition coefficient (Wildman–Crippen LogP) is 4.43. The average Bonchev–Trinajstić information content (AvgIpc) is 3.21. The van der Waals surface area contributed by atoms with Crippen molar-refractivity contribution in [1.82, 2.24) is 25.0 Å². The van der Waals surface area contributed by atoms with Gasteiger partial charge in [-0.3, -0.25) is 0 Å². The number of hydrogen-bond donors (Lipinski definition) is 2. The summed E-state index contributed by atoms with van der Waals surface area (Å²) in [6, 6.07) is 3.87. The Kier molecular flexibility index (Phi) is 6.78. The number of aliphatic hydroxyl groups is 1. The van der Waals surface area contributed by atoms with Crippen molar-refractivity contribution in [2.45, 2.75) is 87.6 Å². The maximum absolute atomic E-state index is 13.8. The van der Waals surface area contributed by atoms with Gasteiger partial charge in [-0.2, -0.15) is 0 Å². The van der Waals surface area contributed by atoms with E-state index in [4.69, 9.17) is 19.4 Å². The van der Waals surface area contributed by atoms with Crippen molar-refractivity contribution in [3.05, 3.63) is 35.4 Å². The van der Waals surface area contributed by atoms with E-state index in [-0.39, 0.29) is 42.7 Å². The van der Waals surface area contributed by atoms with Crippen LogP contribution < -0.4 is 5.32 Å². The van der Waals surface area contributed by atoms with E-state index >= 15 is 0 Å². The number of unbranched alkanes of at least 4 members (excludes halogenated alkanes) is 1. The van der Waals surface area contributed by atoms with Crippen LogP contribution in [0.5, 0.6) is 0 Å². The number of ether oxygens (including phenoxy) is 2. The van der Waals surface area contributed by atoms with Gasteiger partial charge in [0.15, 0.2) is 39.6 Å². The molecule has 3 fully saturated rings. The zero-order valence-electron chi connectivity index (χ0n) is 21.6. The summed E-state index contributed by atoms with van der Waals surface area (Å²) in [6.07, 6.45) is 2.99. The van der Waals surface area contributed by atoms with Gasteiger partial charge >= 0.3 is 0 Å². The molecule has 12 heteroatoms. The van der Waals surface area contributed by atoms with Gasteiger partial charge in [-0.05, 0) is 50.8 Å². The maximum atomic E-state index is 13.8. The molecule has 3 aliphatic rings. The summed E-state index contributed by atoms with van der Waals surface area (Å²) in [7, 11) is 0. The molecule has 0 spiro atoms. The van der Waals surface area contributed by atoms with Crippen LogP contribution in [0.3, 0.4) is 0 Å². The van der Waals surface area contributed by atoms with Crippen LogP contribution in [0, 0.1) is 17.6 Å². The third-order valence-electron chi connectivity index (χ3n) is 7.62. The molecule has 6 atom stereocenters. The molecule has 9 nitrogen and oxygen atoms in total. The topological polar surface area (TPSA) is 107 Å². The molecule has 1 aromatic carbocycles. The smallest absolute Gasteiger partial charge is 0.191 e. The summed E-state index contributed by atoms with van der Waals surface area (Å²) < 4.78 is 41.4. The van der Waals surface area contributed by atoms with Crippen LogP contribution in [0.2, 0.25) is 0 Å². The second-order valence-electron chi connectivity index (χ2n) is 10.8. The van der Waals surface area contributed by atoms with E-state index < -0.39 is 17.4 Å². The molecule has 3 aromatic rings. The number of thioether (sulfide) groups is 1. The SMILES string of the molecule is CCCCSc1nc(N[C@H]2C[C@H]2c2ccc(F)c(F)c2)c2nnn([C@@H]3C[C@H](CO)[C@H]4OC(C)(C)O[C@H]43)c2n1. The van der Waals surface area contributed by atoms with Gasteiger partial charge in [-0.15, -0.1) is 5.10 Å². The van der Waals surface area contributed by atoms with Crippen LogP contribution in [-0.4, -0.2) is 66.5 Å². The van der Waals surface area contributed by atoms with E-state index in [2.05, 4.69) is 22.6 Å². The van der Waals surface area contributed by atoms with E-state index in [1.54, 1.807) is 22.5 Å². The summed E-state index contributed by atoms with van der Waals surface area (Å²) in [4.78, 5) is 9.61. The highest BCUT2D eigenvalue weighted by Gasteiger charge is 2.55. The molecule has 1 aliphatic heterocycles. The molecule has 2 aromatic heterocycles. The van der Waals surface area contributed by atoms with Crippen LogP contribution in [-0.2, 0) is 9.47 Å². The molecular weight excluding hydrogens is 514 g/mol. The summed E-state index contributed by atoms with van der Waals surface area (Å²) in [5, 5.41) is 23.0. The van der Waals surface area contributed by atoms with Gasteiger partial charge in [-0.1, -0.05) is 36.4 Å². The first kappa shape index (κ1) is 25.8. The average molecular weight is 547 g/mol. The van der Waals surface area contributed by atoms with Crippen molar-refractivity contribution < 1.29 is 23.4 Å². The summed E-state index contributed by atoms with van der Waals surface area (Å²) >= 11 is 1.58. The standard InChI is InChI=1S/C26H32F2N6O3S/c1-4-5-8-38-25-30-23(29-18-11-15(18)13-6-7-16(27)17(28)9-13)20-24(31-25)34(33-32-20)19-10-14(12-35)21-22(19)37-26(2,3)36-21/h6-7,9,14-15,18-19,21-22,35H,4-5,8,10-12H2,1-3H3,(H,29,30,31)/t14-,15+,18+,19-,21-,22+/m1/s1. The summed E-state index contributed by atoms with van der Waals surface area (Å²) in [6.45, 7) is 5.89. The molecule has 2 N–H and O–H groups in total. The molecule has 0 radical (unpaired) electrons. The largest absolute Gasteiger partial charge is 0.396 e. The highest BCUT2D eigenvalue weighted by Crippen LogP contribution is 2.48. The number of nitrogens with zero attached hydrogens (tertiary/aromatic N) is 5. The summed E-state index contributed by atoms with van der Waals surface area (Å²) in [5.74, 6) is -1.00. The molecule has 3 heterocycles. The van der Waals surface area contributed by atoms with Gasteiger partial charge in [0.2, 0.25) is 0 Å². The fourth-order valence-corrected chi connectivity index (χ4v) is 6.55. The Morgan fingerprint density at radius 2 is 1.97 bits per heavy atom. The second kappa shape index (κ2) is 9.96. The quantitative estimate of drug-likeness (QED) is 0.229. The highest BCUT2D eigenvalue weighted by molar-refractivity contribution is 7.99. The lowest BCUT2D eigenvalue weighted by molar-refractivity contribution is -0.162. The van der Waals surface area contributed by atoms with Crippen molar-refractivity contribution in [1.29, 1.82) is 0 Å². The number of fused-ring (bicyclic) bond motifs is 2. The lowest BCUT2D eigenvalue weighted by atomic mass is 10.1. The minimum atomic E-state index is -0.848. The van der Waals surface area contributed by atoms with Crippen LogP contribution in [0.4, 0.5) is 14.6 Å². The van der Waals surface area contributed by atoms with E-state index in [1.807, 2.05) is 13.8 Å². The monoisotopic (exact) mass is 546 g/mol.